The first-order chi connectivity index (χ1) is 42.7. The summed E-state index contributed by atoms with van der Waals surface area (Å²) in [5.74, 6) is 0. The summed E-state index contributed by atoms with van der Waals surface area (Å²) in [6, 6.07) is 110. The van der Waals surface area contributed by atoms with Gasteiger partial charge in [-0.15, -0.1) is 0 Å². The monoisotopic (exact) mass is 1090 g/mol. The van der Waals surface area contributed by atoms with E-state index in [0.717, 1.165) is 143 Å². The first-order valence-electron chi connectivity index (χ1n) is 29.5. The Morgan fingerprint density at radius 2 is 0.605 bits per heavy atom. The van der Waals surface area contributed by atoms with Crippen LogP contribution in [0.1, 0.15) is 0 Å². The van der Waals surface area contributed by atoms with Crippen LogP contribution in [0.15, 0.2) is 312 Å². The molecule has 0 aliphatic rings. The summed E-state index contributed by atoms with van der Waals surface area (Å²) < 4.78 is 13.9. The molecule has 0 radical (unpaired) electrons. The number of hydrogen-bond acceptors (Lipinski definition) is 4. The summed E-state index contributed by atoms with van der Waals surface area (Å²) in [6.45, 7) is 0. The first kappa shape index (κ1) is 48.1. The minimum absolute atomic E-state index is 0.846. The molecule has 0 unspecified atom stereocenters. The van der Waals surface area contributed by atoms with Gasteiger partial charge in [0, 0.05) is 72.0 Å². The molecule has 0 N–H and O–H groups in total. The van der Waals surface area contributed by atoms with Crippen molar-refractivity contribution in [1.29, 1.82) is 0 Å². The number of para-hydroxylation sites is 1. The lowest BCUT2D eigenvalue weighted by Gasteiger charge is -2.31. The molecular formula is C82H50N2O2. The first-order valence-corrected chi connectivity index (χ1v) is 29.5. The third-order valence-corrected chi connectivity index (χ3v) is 18.0. The fraction of sp³-hybridized carbons (Fsp3) is 0. The molecule has 18 rings (SSSR count). The van der Waals surface area contributed by atoms with Crippen LogP contribution in [-0.4, -0.2) is 0 Å². The van der Waals surface area contributed by atoms with E-state index in [1.54, 1.807) is 0 Å². The molecule has 16 aromatic carbocycles. The highest BCUT2D eigenvalue weighted by molar-refractivity contribution is 6.32. The number of furan rings is 2. The molecule has 0 saturated heterocycles. The van der Waals surface area contributed by atoms with Gasteiger partial charge in [-0.3, -0.25) is 0 Å². The smallest absolute Gasteiger partial charge is 0.138 e. The van der Waals surface area contributed by atoms with Gasteiger partial charge in [0.2, 0.25) is 0 Å². The van der Waals surface area contributed by atoms with Crippen molar-refractivity contribution in [1.82, 2.24) is 0 Å². The molecule has 0 fully saturated rings. The van der Waals surface area contributed by atoms with Crippen molar-refractivity contribution >= 4 is 153 Å². The Bertz CT molecular complexity index is 5730. The largest absolute Gasteiger partial charge is 0.456 e. The molecule has 0 bridgehead atoms. The van der Waals surface area contributed by atoms with Gasteiger partial charge in [-0.2, -0.15) is 0 Å². The van der Waals surface area contributed by atoms with Crippen LogP contribution in [0.2, 0.25) is 0 Å². The SMILES string of the molecule is c1ccc(-c2ccc(N(c3ccc(-c4c5ccccc5c(N(c5ccccc5)c5cc6oc7ccc8ccccc8c7c6c6ccccc56)c5ccccc45)c4ccccc34)c3cc4oc5ccc6ccccc6c5c4c4ccccc34)cc2)cc1. The molecule has 18 aromatic rings. The lowest BCUT2D eigenvalue weighted by molar-refractivity contribution is 0.669. The van der Waals surface area contributed by atoms with Gasteiger partial charge in [-0.1, -0.05) is 249 Å². The van der Waals surface area contributed by atoms with Crippen molar-refractivity contribution in [3.8, 4) is 22.3 Å². The number of rotatable bonds is 8. The summed E-state index contributed by atoms with van der Waals surface area (Å²) in [7, 11) is 0. The predicted molar refractivity (Wildman–Crippen MR) is 364 cm³/mol. The van der Waals surface area contributed by atoms with Crippen molar-refractivity contribution in [3.63, 3.8) is 0 Å². The van der Waals surface area contributed by atoms with Crippen LogP contribution >= 0.6 is 0 Å². The predicted octanol–water partition coefficient (Wildman–Crippen LogP) is 23.8. The average Bonchev–Trinajstić information content (AvgIpc) is 3.78. The number of anilines is 6. The van der Waals surface area contributed by atoms with E-state index in [4.69, 9.17) is 8.83 Å². The second-order valence-corrected chi connectivity index (χ2v) is 22.6. The quantitative estimate of drug-likeness (QED) is 0.142. The number of hydrogen-bond donors (Lipinski definition) is 0. The Labute approximate surface area is 494 Å². The Morgan fingerprint density at radius 3 is 1.14 bits per heavy atom. The molecule has 400 valence electrons. The Balaban J connectivity index is 0.883. The van der Waals surface area contributed by atoms with Crippen LogP contribution in [0, 0.1) is 0 Å². The van der Waals surface area contributed by atoms with Gasteiger partial charge in [-0.05, 0) is 113 Å². The molecule has 86 heavy (non-hydrogen) atoms. The Hall–Kier alpha value is -11.5. The molecule has 0 saturated carbocycles. The van der Waals surface area contributed by atoms with E-state index in [1.165, 1.54) is 32.7 Å². The van der Waals surface area contributed by atoms with E-state index < -0.39 is 0 Å². The number of nitrogens with zero attached hydrogens (tertiary/aromatic N) is 2. The minimum atomic E-state index is 0.846. The molecule has 4 nitrogen and oxygen atoms in total. The molecule has 0 amide bonds. The van der Waals surface area contributed by atoms with Crippen molar-refractivity contribution in [2.24, 2.45) is 0 Å². The van der Waals surface area contributed by atoms with Crippen molar-refractivity contribution < 1.29 is 8.83 Å². The molecule has 2 aromatic heterocycles. The van der Waals surface area contributed by atoms with Crippen LogP contribution in [0.4, 0.5) is 34.1 Å². The summed E-state index contributed by atoms with van der Waals surface area (Å²) in [6.07, 6.45) is 0. The normalized spacial score (nSPS) is 12.0. The summed E-state index contributed by atoms with van der Waals surface area (Å²) in [5.41, 5.74) is 14.4. The minimum Gasteiger partial charge on any atom is -0.456 e. The van der Waals surface area contributed by atoms with Gasteiger partial charge < -0.3 is 18.6 Å². The Morgan fingerprint density at radius 1 is 0.221 bits per heavy atom. The van der Waals surface area contributed by atoms with Crippen LogP contribution in [0.25, 0.3) is 142 Å². The zero-order valence-corrected chi connectivity index (χ0v) is 46.6. The molecular weight excluding hydrogens is 1040 g/mol. The summed E-state index contributed by atoms with van der Waals surface area (Å²) in [5, 5.41) is 20.7. The maximum absolute atomic E-state index is 6.97. The van der Waals surface area contributed by atoms with E-state index in [1.807, 2.05) is 0 Å². The lowest BCUT2D eigenvalue weighted by Crippen LogP contribution is -2.12. The van der Waals surface area contributed by atoms with Gasteiger partial charge in [0.1, 0.15) is 22.3 Å². The zero-order valence-electron chi connectivity index (χ0n) is 46.6. The van der Waals surface area contributed by atoms with Crippen molar-refractivity contribution in [3.05, 3.63) is 303 Å². The van der Waals surface area contributed by atoms with Gasteiger partial charge >= 0.3 is 0 Å². The zero-order chi connectivity index (χ0) is 56.4. The third kappa shape index (κ3) is 7.23. The van der Waals surface area contributed by atoms with Crippen LogP contribution in [0.5, 0.6) is 0 Å². The van der Waals surface area contributed by atoms with E-state index in [2.05, 4.69) is 313 Å². The van der Waals surface area contributed by atoms with Gasteiger partial charge in [0.05, 0.1) is 22.7 Å². The second kappa shape index (κ2) is 19.0. The lowest BCUT2D eigenvalue weighted by atomic mass is 9.87. The number of fused-ring (bicyclic) bond motifs is 17. The van der Waals surface area contributed by atoms with Gasteiger partial charge in [0.25, 0.3) is 0 Å². The highest BCUT2D eigenvalue weighted by Crippen LogP contribution is 2.54. The topological polar surface area (TPSA) is 32.8 Å². The van der Waals surface area contributed by atoms with Gasteiger partial charge in [-0.25, -0.2) is 0 Å². The molecule has 0 atom stereocenters. The highest BCUT2D eigenvalue weighted by atomic mass is 16.3. The third-order valence-electron chi connectivity index (χ3n) is 18.0. The highest BCUT2D eigenvalue weighted by Gasteiger charge is 2.28. The maximum atomic E-state index is 6.97. The average molecular weight is 1100 g/mol. The summed E-state index contributed by atoms with van der Waals surface area (Å²) >= 11 is 0. The fourth-order valence-corrected chi connectivity index (χ4v) is 14.3. The van der Waals surface area contributed by atoms with Crippen LogP contribution in [0.3, 0.4) is 0 Å². The molecule has 4 heteroatoms. The molecule has 0 aliphatic heterocycles. The van der Waals surface area contributed by atoms with Gasteiger partial charge in [0.15, 0.2) is 0 Å². The molecule has 0 aliphatic carbocycles. The van der Waals surface area contributed by atoms with E-state index >= 15 is 0 Å². The van der Waals surface area contributed by atoms with Crippen LogP contribution in [-0.2, 0) is 0 Å². The van der Waals surface area contributed by atoms with E-state index in [9.17, 15) is 0 Å². The second-order valence-electron chi connectivity index (χ2n) is 22.6. The molecule has 2 heterocycles. The number of benzene rings is 16. The van der Waals surface area contributed by atoms with Crippen molar-refractivity contribution in [2.75, 3.05) is 9.80 Å². The Kier molecular flexibility index (Phi) is 10.7. The van der Waals surface area contributed by atoms with Crippen molar-refractivity contribution in [2.45, 2.75) is 0 Å². The molecule has 0 spiro atoms. The van der Waals surface area contributed by atoms with Crippen LogP contribution < -0.4 is 9.80 Å². The van der Waals surface area contributed by atoms with E-state index in [0.29, 0.717) is 0 Å². The van der Waals surface area contributed by atoms with E-state index in [-0.39, 0.29) is 0 Å². The fourth-order valence-electron chi connectivity index (χ4n) is 14.3. The maximum Gasteiger partial charge on any atom is 0.138 e. The summed E-state index contributed by atoms with van der Waals surface area (Å²) in [4.78, 5) is 4.94. The standard InChI is InChI=1S/C82H50N2O2/c1-3-21-51(22-4-1)52-39-43-56(44-40-52)83(71-49-75-80(63-33-15-13-31-61(63)71)78-57-27-9-7-23-53(57)41-47-73(78)85-75)70-46-45-67(59-29-11-12-30-60(59)70)77-65-35-17-19-37-68(65)82(69-38-20-18-36-66(69)77)84(55-25-5-2-6-26-55)72-50-76-81(64-34-16-14-32-62(64)72)79-58-28-10-8-24-54(58)42-48-74(79)86-76/h1-50H.